The van der Waals surface area contributed by atoms with Crippen LogP contribution in [0.15, 0.2) is 48.5 Å². The van der Waals surface area contributed by atoms with Crippen molar-refractivity contribution >= 4 is 56.8 Å². The molecule has 0 bridgehead atoms. The lowest BCUT2D eigenvalue weighted by molar-refractivity contribution is -0.384. The van der Waals surface area contributed by atoms with Gasteiger partial charge in [-0.15, -0.1) is 12.4 Å². The Balaban J connectivity index is 0.00000341. The zero-order valence-electron chi connectivity index (χ0n) is 17.6. The minimum absolute atomic E-state index is 0. The van der Waals surface area contributed by atoms with E-state index in [1.165, 1.54) is 29.5 Å². The average molecular weight is 461 g/mol. The molecule has 7 nitrogen and oxygen atoms in total. The Kier molecular flexibility index (Phi) is 8.67. The summed E-state index contributed by atoms with van der Waals surface area (Å²) in [6.45, 7) is 3.43. The molecule has 0 fully saturated rings. The van der Waals surface area contributed by atoms with Crippen molar-refractivity contribution in [3.05, 3.63) is 69.8 Å². The van der Waals surface area contributed by atoms with Crippen molar-refractivity contribution < 1.29 is 9.72 Å². The molecule has 0 radical (unpaired) electrons. The van der Waals surface area contributed by atoms with Crippen molar-refractivity contribution in [1.29, 1.82) is 0 Å². The number of carbonyl (C=O) groups excluding carboxylic acids is 1. The second-order valence-corrected chi connectivity index (χ2v) is 8.26. The van der Waals surface area contributed by atoms with Crippen LogP contribution in [0.3, 0.4) is 0 Å². The molecule has 0 aliphatic carbocycles. The van der Waals surface area contributed by atoms with Crippen LogP contribution < -0.4 is 4.90 Å². The van der Waals surface area contributed by atoms with Gasteiger partial charge in [0.2, 0.25) is 0 Å². The van der Waals surface area contributed by atoms with Gasteiger partial charge in [0.05, 0.1) is 15.1 Å². The van der Waals surface area contributed by atoms with Crippen LogP contribution in [-0.4, -0.2) is 47.9 Å². The van der Waals surface area contributed by atoms with Gasteiger partial charge in [0.1, 0.15) is 0 Å². The third-order valence-electron chi connectivity index (χ3n) is 4.62. The van der Waals surface area contributed by atoms with Crippen LogP contribution in [0.1, 0.15) is 17.5 Å². The molecule has 1 aromatic heterocycles. The lowest BCUT2D eigenvalue weighted by atomic mass is 10.2. The van der Waals surface area contributed by atoms with Gasteiger partial charge >= 0.3 is 0 Å². The number of carbonyl (C=O) groups is 1. The van der Waals surface area contributed by atoms with E-state index in [9.17, 15) is 14.9 Å². The fraction of sp³-hybridized carbons (Fsp3) is 0.273. The van der Waals surface area contributed by atoms with Gasteiger partial charge in [-0.05, 0) is 69.4 Å². The number of anilines is 1. The number of halogens is 1. The standard InChI is InChI=1S/C22H24N4O3S.ClH/c1-16-6-4-7-19-21(16)23-22(30-19)25(15-5-14-24(2)3)20(27)13-10-17-8-11-18(12-9-17)26(28)29;/h4,6-13H,5,14-15H2,1-3H3;1H/b13-10-;. The number of thiazole rings is 1. The lowest BCUT2D eigenvalue weighted by Crippen LogP contribution is -2.32. The van der Waals surface area contributed by atoms with Gasteiger partial charge in [-0.1, -0.05) is 23.5 Å². The Labute approximate surface area is 191 Å². The molecule has 0 saturated carbocycles. The first-order valence-electron chi connectivity index (χ1n) is 9.60. The number of aromatic nitrogens is 1. The van der Waals surface area contributed by atoms with E-state index in [1.54, 1.807) is 23.1 Å². The summed E-state index contributed by atoms with van der Waals surface area (Å²) in [7, 11) is 4.00. The molecule has 2 aromatic carbocycles. The predicted molar refractivity (Wildman–Crippen MR) is 129 cm³/mol. The molecule has 9 heteroatoms. The van der Waals surface area contributed by atoms with E-state index in [1.807, 2.05) is 39.2 Å². The molecule has 3 aromatic rings. The summed E-state index contributed by atoms with van der Waals surface area (Å²) in [6, 6.07) is 12.1. The molecule has 0 N–H and O–H groups in total. The second kappa shape index (κ2) is 11.0. The van der Waals surface area contributed by atoms with Crippen LogP contribution in [0.5, 0.6) is 0 Å². The predicted octanol–water partition coefficient (Wildman–Crippen LogP) is 4.93. The van der Waals surface area contributed by atoms with Crippen LogP contribution in [0, 0.1) is 17.0 Å². The molecule has 0 aliphatic heterocycles. The van der Waals surface area contributed by atoms with Gasteiger partial charge in [-0.25, -0.2) is 4.98 Å². The van der Waals surface area contributed by atoms with Crippen molar-refractivity contribution in [1.82, 2.24) is 9.88 Å². The molecule has 0 aliphatic rings. The number of benzene rings is 2. The Bertz CT molecular complexity index is 1080. The highest BCUT2D eigenvalue weighted by molar-refractivity contribution is 7.22. The third-order valence-corrected chi connectivity index (χ3v) is 5.66. The molecule has 164 valence electrons. The normalized spacial score (nSPS) is 11.1. The molecule has 0 atom stereocenters. The Morgan fingerprint density at radius 1 is 1.16 bits per heavy atom. The maximum atomic E-state index is 13.0. The van der Waals surface area contributed by atoms with Gasteiger partial charge < -0.3 is 4.90 Å². The van der Waals surface area contributed by atoms with Crippen LogP contribution in [0.25, 0.3) is 16.3 Å². The zero-order chi connectivity index (χ0) is 21.7. The minimum Gasteiger partial charge on any atom is -0.309 e. The van der Waals surface area contributed by atoms with E-state index in [0.717, 1.165) is 34.3 Å². The SMILES string of the molecule is Cc1cccc2sc(N(CCCN(C)C)C(=O)/C=C\c3ccc([N+](=O)[O-])cc3)nc12.Cl. The van der Waals surface area contributed by atoms with E-state index in [4.69, 9.17) is 4.98 Å². The van der Waals surface area contributed by atoms with Crippen LogP contribution in [0.4, 0.5) is 10.8 Å². The number of aryl methyl sites for hydroxylation is 1. The van der Waals surface area contributed by atoms with Crippen molar-refractivity contribution in [3.63, 3.8) is 0 Å². The monoisotopic (exact) mass is 460 g/mol. The van der Waals surface area contributed by atoms with Gasteiger partial charge in [-0.2, -0.15) is 0 Å². The number of rotatable bonds is 8. The molecular weight excluding hydrogens is 436 g/mol. The topological polar surface area (TPSA) is 79.6 Å². The summed E-state index contributed by atoms with van der Waals surface area (Å²) >= 11 is 1.51. The number of non-ortho nitro benzene ring substituents is 1. The van der Waals surface area contributed by atoms with Crippen molar-refractivity contribution in [2.75, 3.05) is 32.1 Å². The molecular formula is C22H25ClN4O3S. The summed E-state index contributed by atoms with van der Waals surface area (Å²) in [6.07, 6.45) is 3.98. The zero-order valence-corrected chi connectivity index (χ0v) is 19.3. The summed E-state index contributed by atoms with van der Waals surface area (Å²) < 4.78 is 1.05. The van der Waals surface area contributed by atoms with Gasteiger partial charge in [0.15, 0.2) is 5.13 Å². The van der Waals surface area contributed by atoms with Crippen LogP contribution >= 0.6 is 23.7 Å². The number of fused-ring (bicyclic) bond motifs is 1. The first kappa shape index (κ1) is 24.5. The molecule has 1 heterocycles. The maximum absolute atomic E-state index is 13.0. The van der Waals surface area contributed by atoms with E-state index < -0.39 is 4.92 Å². The lowest BCUT2D eigenvalue weighted by Gasteiger charge is -2.19. The fourth-order valence-electron chi connectivity index (χ4n) is 3.00. The fourth-order valence-corrected chi connectivity index (χ4v) is 4.07. The molecule has 0 saturated heterocycles. The first-order valence-corrected chi connectivity index (χ1v) is 10.4. The summed E-state index contributed by atoms with van der Waals surface area (Å²) in [5.41, 5.74) is 2.75. The number of hydrogen-bond donors (Lipinski definition) is 0. The number of para-hydroxylation sites is 1. The van der Waals surface area contributed by atoms with Crippen LogP contribution in [0.2, 0.25) is 0 Å². The largest absolute Gasteiger partial charge is 0.309 e. The number of nitro groups is 1. The summed E-state index contributed by atoms with van der Waals surface area (Å²) in [4.78, 5) is 31.9. The second-order valence-electron chi connectivity index (χ2n) is 7.25. The van der Waals surface area contributed by atoms with E-state index in [-0.39, 0.29) is 24.0 Å². The Hall–Kier alpha value is -2.81. The highest BCUT2D eigenvalue weighted by Crippen LogP contribution is 2.31. The molecule has 31 heavy (non-hydrogen) atoms. The highest BCUT2D eigenvalue weighted by atomic mass is 35.5. The molecule has 1 amide bonds. The van der Waals surface area contributed by atoms with Crippen molar-refractivity contribution in [2.45, 2.75) is 13.3 Å². The van der Waals surface area contributed by atoms with Crippen molar-refractivity contribution in [2.24, 2.45) is 0 Å². The average Bonchev–Trinajstić information content (AvgIpc) is 3.15. The van der Waals surface area contributed by atoms with Gasteiger partial charge in [0, 0.05) is 24.8 Å². The van der Waals surface area contributed by atoms with Gasteiger partial charge in [-0.3, -0.25) is 19.8 Å². The molecule has 0 spiro atoms. The number of hydrogen-bond acceptors (Lipinski definition) is 6. The summed E-state index contributed by atoms with van der Waals surface area (Å²) in [5.74, 6) is -0.163. The first-order chi connectivity index (χ1) is 14.3. The minimum atomic E-state index is -0.444. The summed E-state index contributed by atoms with van der Waals surface area (Å²) in [5, 5.41) is 11.5. The number of nitrogens with zero attached hydrogens (tertiary/aromatic N) is 4. The number of amides is 1. The maximum Gasteiger partial charge on any atom is 0.269 e. The molecule has 3 rings (SSSR count). The Morgan fingerprint density at radius 2 is 1.87 bits per heavy atom. The molecule has 0 unspecified atom stereocenters. The Morgan fingerprint density at radius 3 is 2.48 bits per heavy atom. The number of nitro benzene ring substituents is 1. The van der Waals surface area contributed by atoms with E-state index in [0.29, 0.717) is 11.7 Å². The quantitative estimate of drug-likeness (QED) is 0.270. The third kappa shape index (κ3) is 6.33. The van der Waals surface area contributed by atoms with Crippen LogP contribution in [-0.2, 0) is 4.79 Å². The highest BCUT2D eigenvalue weighted by Gasteiger charge is 2.18. The van der Waals surface area contributed by atoms with Crippen molar-refractivity contribution in [3.8, 4) is 0 Å². The van der Waals surface area contributed by atoms with Gasteiger partial charge in [0.25, 0.3) is 11.6 Å². The smallest absolute Gasteiger partial charge is 0.269 e. The van der Waals surface area contributed by atoms with E-state index >= 15 is 0 Å². The van der Waals surface area contributed by atoms with E-state index in [2.05, 4.69) is 4.90 Å².